The number of nitrogens with zero attached hydrogens (tertiary/aromatic N) is 1. The van der Waals surface area contributed by atoms with Gasteiger partial charge < -0.3 is 9.64 Å². The van der Waals surface area contributed by atoms with Crippen LogP contribution < -0.4 is 0 Å². The summed E-state index contributed by atoms with van der Waals surface area (Å²) >= 11 is 0. The lowest BCUT2D eigenvalue weighted by molar-refractivity contribution is 0.168. The second-order valence-corrected chi connectivity index (χ2v) is 4.62. The maximum Gasteiger partial charge on any atom is 0.0972 e. The Morgan fingerprint density at radius 2 is 2.08 bits per heavy atom. The van der Waals surface area contributed by atoms with Crippen LogP contribution in [0.1, 0.15) is 39.0 Å². The van der Waals surface area contributed by atoms with Gasteiger partial charge in [0.2, 0.25) is 0 Å². The monoisotopic (exact) mass is 183 g/mol. The summed E-state index contributed by atoms with van der Waals surface area (Å²) < 4.78 is 5.87. The average Bonchev–Trinajstić information content (AvgIpc) is 2.82. The zero-order chi connectivity index (χ0) is 9.31. The van der Waals surface area contributed by atoms with Gasteiger partial charge in [0, 0.05) is 13.1 Å². The summed E-state index contributed by atoms with van der Waals surface area (Å²) in [6.07, 6.45) is 7.06. The summed E-state index contributed by atoms with van der Waals surface area (Å²) in [4.78, 5) is 2.41. The molecule has 0 aromatic rings. The van der Waals surface area contributed by atoms with Crippen LogP contribution in [-0.2, 0) is 4.74 Å². The molecular formula is C11H21NO. The summed E-state index contributed by atoms with van der Waals surface area (Å²) in [5.74, 6) is 0. The lowest BCUT2D eigenvalue weighted by atomic mass is 9.91. The minimum absolute atomic E-state index is 0.335. The predicted molar refractivity (Wildman–Crippen MR) is 53.9 cm³/mol. The first-order valence-corrected chi connectivity index (χ1v) is 5.63. The van der Waals surface area contributed by atoms with Gasteiger partial charge in [-0.1, -0.05) is 19.8 Å². The van der Waals surface area contributed by atoms with Crippen molar-refractivity contribution >= 4 is 0 Å². The van der Waals surface area contributed by atoms with E-state index in [0.717, 1.165) is 0 Å². The van der Waals surface area contributed by atoms with Crippen LogP contribution >= 0.6 is 0 Å². The standard InChI is InChI=1S/C11H21NO/c1-3-4-5-10-11(13-10)6-8-12(2)9-7-11/h10H,3-9H2,1-2H3. The number of likely N-dealkylation sites (tertiary alicyclic amines) is 1. The van der Waals surface area contributed by atoms with Crippen LogP contribution in [0, 0.1) is 0 Å². The van der Waals surface area contributed by atoms with Gasteiger partial charge in [-0.15, -0.1) is 0 Å². The Bertz CT molecular complexity index is 173. The number of piperidine rings is 1. The molecule has 1 atom stereocenters. The molecule has 2 nitrogen and oxygen atoms in total. The van der Waals surface area contributed by atoms with Crippen molar-refractivity contribution in [2.45, 2.75) is 50.7 Å². The number of epoxide rings is 1. The molecule has 0 radical (unpaired) electrons. The van der Waals surface area contributed by atoms with Crippen molar-refractivity contribution in [3.8, 4) is 0 Å². The van der Waals surface area contributed by atoms with Gasteiger partial charge in [-0.05, 0) is 26.3 Å². The topological polar surface area (TPSA) is 15.8 Å². The molecule has 2 rings (SSSR count). The van der Waals surface area contributed by atoms with Gasteiger partial charge in [0.1, 0.15) is 0 Å². The highest BCUT2D eigenvalue weighted by molar-refractivity contribution is 5.04. The molecule has 2 heterocycles. The van der Waals surface area contributed by atoms with E-state index in [4.69, 9.17) is 4.74 Å². The molecule has 2 fully saturated rings. The van der Waals surface area contributed by atoms with Gasteiger partial charge in [-0.3, -0.25) is 0 Å². The van der Waals surface area contributed by atoms with Crippen LogP contribution in [0.15, 0.2) is 0 Å². The lowest BCUT2D eigenvalue weighted by Gasteiger charge is -2.27. The second-order valence-electron chi connectivity index (χ2n) is 4.62. The summed E-state index contributed by atoms with van der Waals surface area (Å²) in [6.45, 7) is 4.70. The molecule has 2 aliphatic rings. The van der Waals surface area contributed by atoms with E-state index in [1.54, 1.807) is 0 Å². The van der Waals surface area contributed by atoms with E-state index in [9.17, 15) is 0 Å². The van der Waals surface area contributed by atoms with Crippen LogP contribution in [-0.4, -0.2) is 36.7 Å². The molecule has 1 spiro atoms. The van der Waals surface area contributed by atoms with Gasteiger partial charge in [0.25, 0.3) is 0 Å². The molecule has 0 amide bonds. The minimum atomic E-state index is 0.335. The summed E-state index contributed by atoms with van der Waals surface area (Å²) in [5, 5.41) is 0. The maximum atomic E-state index is 5.87. The Balaban J connectivity index is 1.76. The Labute approximate surface area is 81.3 Å². The second kappa shape index (κ2) is 3.58. The summed E-state index contributed by atoms with van der Waals surface area (Å²) in [6, 6.07) is 0. The van der Waals surface area contributed by atoms with E-state index in [1.165, 1.54) is 45.2 Å². The first-order valence-electron chi connectivity index (χ1n) is 5.63. The third-order valence-electron chi connectivity index (χ3n) is 3.56. The summed E-state index contributed by atoms with van der Waals surface area (Å²) in [7, 11) is 2.20. The van der Waals surface area contributed by atoms with Gasteiger partial charge in [0.05, 0.1) is 11.7 Å². The molecule has 0 aromatic carbocycles. The molecule has 13 heavy (non-hydrogen) atoms. The molecule has 2 aliphatic heterocycles. The Morgan fingerprint density at radius 3 is 2.69 bits per heavy atom. The molecule has 0 aromatic heterocycles. The molecule has 0 saturated carbocycles. The van der Waals surface area contributed by atoms with Gasteiger partial charge >= 0.3 is 0 Å². The number of rotatable bonds is 3. The summed E-state index contributed by atoms with van der Waals surface area (Å²) in [5.41, 5.74) is 0.335. The third-order valence-corrected chi connectivity index (χ3v) is 3.56. The van der Waals surface area contributed by atoms with Gasteiger partial charge in [0.15, 0.2) is 0 Å². The Kier molecular flexibility index (Phi) is 2.61. The van der Waals surface area contributed by atoms with E-state index < -0.39 is 0 Å². The van der Waals surface area contributed by atoms with Crippen molar-refractivity contribution in [3.63, 3.8) is 0 Å². The van der Waals surface area contributed by atoms with Crippen LogP contribution in [0.5, 0.6) is 0 Å². The van der Waals surface area contributed by atoms with E-state index in [1.807, 2.05) is 0 Å². The van der Waals surface area contributed by atoms with Crippen molar-refractivity contribution in [2.24, 2.45) is 0 Å². The highest BCUT2D eigenvalue weighted by Crippen LogP contribution is 2.47. The molecule has 2 heteroatoms. The van der Waals surface area contributed by atoms with Crippen LogP contribution in [0.3, 0.4) is 0 Å². The molecule has 76 valence electrons. The van der Waals surface area contributed by atoms with Crippen molar-refractivity contribution in [3.05, 3.63) is 0 Å². The molecule has 0 N–H and O–H groups in total. The predicted octanol–water partition coefficient (Wildman–Crippen LogP) is 2.04. The number of unbranched alkanes of at least 4 members (excludes halogenated alkanes) is 1. The van der Waals surface area contributed by atoms with Crippen LogP contribution in [0.4, 0.5) is 0 Å². The Morgan fingerprint density at radius 1 is 1.38 bits per heavy atom. The van der Waals surface area contributed by atoms with E-state index in [-0.39, 0.29) is 0 Å². The van der Waals surface area contributed by atoms with E-state index in [2.05, 4.69) is 18.9 Å². The van der Waals surface area contributed by atoms with E-state index >= 15 is 0 Å². The van der Waals surface area contributed by atoms with Crippen LogP contribution in [0.2, 0.25) is 0 Å². The van der Waals surface area contributed by atoms with Crippen molar-refractivity contribution < 1.29 is 4.74 Å². The third kappa shape index (κ3) is 1.89. The highest BCUT2D eigenvalue weighted by Gasteiger charge is 2.55. The average molecular weight is 183 g/mol. The maximum absolute atomic E-state index is 5.87. The van der Waals surface area contributed by atoms with Crippen molar-refractivity contribution in [1.29, 1.82) is 0 Å². The molecule has 0 aliphatic carbocycles. The fourth-order valence-electron chi connectivity index (χ4n) is 2.40. The smallest absolute Gasteiger partial charge is 0.0972 e. The number of ether oxygens (including phenoxy) is 1. The first-order chi connectivity index (χ1) is 6.27. The fraction of sp³-hybridized carbons (Fsp3) is 1.00. The minimum Gasteiger partial charge on any atom is -0.366 e. The number of hydrogen-bond acceptors (Lipinski definition) is 2. The SMILES string of the molecule is CCCCC1OC12CCN(C)CC2. The normalized spacial score (nSPS) is 32.3. The Hall–Kier alpha value is -0.0800. The van der Waals surface area contributed by atoms with Crippen LogP contribution in [0.25, 0.3) is 0 Å². The quantitative estimate of drug-likeness (QED) is 0.622. The fourth-order valence-corrected chi connectivity index (χ4v) is 2.40. The van der Waals surface area contributed by atoms with Gasteiger partial charge in [-0.2, -0.15) is 0 Å². The number of hydrogen-bond donors (Lipinski definition) is 0. The molecule has 0 bridgehead atoms. The molecule has 1 unspecified atom stereocenters. The zero-order valence-corrected chi connectivity index (χ0v) is 8.88. The van der Waals surface area contributed by atoms with Crippen molar-refractivity contribution in [2.75, 3.05) is 20.1 Å². The van der Waals surface area contributed by atoms with Gasteiger partial charge in [-0.25, -0.2) is 0 Å². The van der Waals surface area contributed by atoms with E-state index in [0.29, 0.717) is 11.7 Å². The highest BCUT2D eigenvalue weighted by atomic mass is 16.6. The van der Waals surface area contributed by atoms with Crippen molar-refractivity contribution in [1.82, 2.24) is 4.90 Å². The lowest BCUT2D eigenvalue weighted by Crippen LogP contribution is -2.36. The zero-order valence-electron chi connectivity index (χ0n) is 8.88. The first kappa shape index (κ1) is 9.47. The molecular weight excluding hydrogens is 162 g/mol. The largest absolute Gasteiger partial charge is 0.366 e. The molecule has 2 saturated heterocycles.